The molecular formula is C24H24N4O. The molecule has 0 fully saturated rings. The van der Waals surface area contributed by atoms with Crippen LogP contribution in [0.3, 0.4) is 0 Å². The molecule has 0 unspecified atom stereocenters. The lowest BCUT2D eigenvalue weighted by Crippen LogP contribution is -2.29. The number of aromatic nitrogens is 3. The summed E-state index contributed by atoms with van der Waals surface area (Å²) in [6.07, 6.45) is 6.81. The average molecular weight is 384 g/mol. The van der Waals surface area contributed by atoms with Gasteiger partial charge in [-0.3, -0.25) is 4.90 Å². The average Bonchev–Trinajstić information content (AvgIpc) is 3.18. The van der Waals surface area contributed by atoms with E-state index < -0.39 is 0 Å². The summed E-state index contributed by atoms with van der Waals surface area (Å²) in [4.78, 5) is 11.4. The van der Waals surface area contributed by atoms with Gasteiger partial charge in [-0.25, -0.2) is 9.97 Å². The summed E-state index contributed by atoms with van der Waals surface area (Å²) in [7, 11) is 0. The maximum Gasteiger partial charge on any atom is 0.143 e. The van der Waals surface area contributed by atoms with Crippen molar-refractivity contribution in [3.63, 3.8) is 0 Å². The van der Waals surface area contributed by atoms with Gasteiger partial charge in [0.15, 0.2) is 0 Å². The van der Waals surface area contributed by atoms with Crippen molar-refractivity contribution in [2.45, 2.75) is 39.3 Å². The van der Waals surface area contributed by atoms with Crippen LogP contribution in [-0.4, -0.2) is 26.6 Å². The van der Waals surface area contributed by atoms with Crippen molar-refractivity contribution in [2.75, 3.05) is 6.54 Å². The van der Waals surface area contributed by atoms with Crippen LogP contribution in [0.25, 0.3) is 22.0 Å². The van der Waals surface area contributed by atoms with Crippen LogP contribution in [0.2, 0.25) is 0 Å². The van der Waals surface area contributed by atoms with Gasteiger partial charge in [0, 0.05) is 61.6 Å². The normalized spacial score (nSPS) is 14.2. The maximum absolute atomic E-state index is 5.73. The Kier molecular flexibility index (Phi) is 4.82. The highest BCUT2D eigenvalue weighted by Crippen LogP contribution is 2.34. The highest BCUT2D eigenvalue weighted by atomic mass is 16.5. The highest BCUT2D eigenvalue weighted by Gasteiger charge is 2.25. The van der Waals surface area contributed by atoms with Crippen LogP contribution in [0.15, 0.2) is 59.4 Å². The zero-order valence-corrected chi connectivity index (χ0v) is 16.6. The molecule has 5 nitrogen and oxygen atoms in total. The summed E-state index contributed by atoms with van der Waals surface area (Å²) < 4.78 is 5.73. The van der Waals surface area contributed by atoms with Crippen LogP contribution in [0.1, 0.15) is 36.1 Å². The lowest BCUT2D eigenvalue weighted by molar-refractivity contribution is 0.228. The summed E-state index contributed by atoms with van der Waals surface area (Å²) >= 11 is 0. The molecule has 0 radical (unpaired) electrons. The van der Waals surface area contributed by atoms with Crippen LogP contribution >= 0.6 is 0 Å². The van der Waals surface area contributed by atoms with E-state index in [9.17, 15) is 0 Å². The van der Waals surface area contributed by atoms with E-state index in [0.29, 0.717) is 0 Å². The topological polar surface area (TPSA) is 55.1 Å². The minimum atomic E-state index is 0.827. The van der Waals surface area contributed by atoms with Crippen molar-refractivity contribution in [3.8, 4) is 11.3 Å². The van der Waals surface area contributed by atoms with Gasteiger partial charge in [0.25, 0.3) is 0 Å². The zero-order chi connectivity index (χ0) is 19.6. The first kappa shape index (κ1) is 18.0. The molecule has 0 bridgehead atoms. The Morgan fingerprint density at radius 2 is 1.86 bits per heavy atom. The first-order chi connectivity index (χ1) is 14.3. The van der Waals surface area contributed by atoms with Crippen LogP contribution < -0.4 is 0 Å². The molecule has 3 heterocycles. The third kappa shape index (κ3) is 3.54. The third-order valence-electron chi connectivity index (χ3n) is 5.59. The van der Waals surface area contributed by atoms with E-state index in [1.54, 1.807) is 0 Å². The molecule has 1 aliphatic heterocycles. The third-order valence-corrected chi connectivity index (χ3v) is 5.59. The second kappa shape index (κ2) is 7.76. The molecule has 29 heavy (non-hydrogen) atoms. The monoisotopic (exact) mass is 384 g/mol. The Bertz CT molecular complexity index is 1130. The molecule has 0 N–H and O–H groups in total. The standard InChI is InChI=1S/C24H24N4O/c1-2-6-23-25-13-17(14-26-23)15-28-12-11-22-21(16-28)24(27-29-22)20-10-5-8-18-7-3-4-9-19(18)20/h3-5,7-10,13-14H,2,6,11-12,15-16H2,1H3. The molecule has 0 aliphatic carbocycles. The van der Waals surface area contributed by atoms with Crippen molar-refractivity contribution in [2.24, 2.45) is 0 Å². The van der Waals surface area contributed by atoms with Crippen LogP contribution in [0, 0.1) is 0 Å². The smallest absolute Gasteiger partial charge is 0.143 e. The van der Waals surface area contributed by atoms with Gasteiger partial charge >= 0.3 is 0 Å². The van der Waals surface area contributed by atoms with E-state index in [0.717, 1.165) is 67.3 Å². The van der Waals surface area contributed by atoms with E-state index in [-0.39, 0.29) is 0 Å². The van der Waals surface area contributed by atoms with Crippen molar-refractivity contribution >= 4 is 10.8 Å². The molecule has 0 spiro atoms. The largest absolute Gasteiger partial charge is 0.360 e. The van der Waals surface area contributed by atoms with E-state index in [1.165, 1.54) is 16.3 Å². The van der Waals surface area contributed by atoms with E-state index in [1.807, 2.05) is 12.4 Å². The van der Waals surface area contributed by atoms with Crippen LogP contribution in [0.5, 0.6) is 0 Å². The van der Waals surface area contributed by atoms with Gasteiger partial charge in [-0.05, 0) is 17.2 Å². The fourth-order valence-electron chi connectivity index (χ4n) is 4.12. The fourth-order valence-corrected chi connectivity index (χ4v) is 4.12. The first-order valence-corrected chi connectivity index (χ1v) is 10.3. The van der Waals surface area contributed by atoms with Gasteiger partial charge in [0.2, 0.25) is 0 Å². The van der Waals surface area contributed by atoms with E-state index >= 15 is 0 Å². The number of hydrogen-bond acceptors (Lipinski definition) is 5. The van der Waals surface area contributed by atoms with Crippen molar-refractivity contribution in [1.82, 2.24) is 20.0 Å². The highest BCUT2D eigenvalue weighted by molar-refractivity contribution is 5.96. The summed E-state index contributed by atoms with van der Waals surface area (Å²) in [5.41, 5.74) is 4.46. The Hall–Kier alpha value is -3.05. The Labute approximate surface area is 170 Å². The number of rotatable bonds is 5. The van der Waals surface area contributed by atoms with Crippen LogP contribution in [-0.2, 0) is 25.9 Å². The molecule has 4 aromatic rings. The summed E-state index contributed by atoms with van der Waals surface area (Å²) in [6, 6.07) is 14.8. The number of nitrogens with zero attached hydrogens (tertiary/aromatic N) is 4. The SMILES string of the molecule is CCCc1ncc(CN2CCc3onc(-c4cccc5ccccc45)c3C2)cn1. The number of fused-ring (bicyclic) bond motifs is 2. The molecule has 5 rings (SSSR count). The second-order valence-electron chi connectivity index (χ2n) is 7.68. The summed E-state index contributed by atoms with van der Waals surface area (Å²) in [6.45, 7) is 4.77. The van der Waals surface area contributed by atoms with Gasteiger partial charge in [0.1, 0.15) is 17.3 Å². The van der Waals surface area contributed by atoms with Crippen molar-refractivity contribution in [1.29, 1.82) is 0 Å². The Morgan fingerprint density at radius 3 is 2.72 bits per heavy atom. The lowest BCUT2D eigenvalue weighted by atomic mass is 9.97. The van der Waals surface area contributed by atoms with Crippen molar-refractivity contribution in [3.05, 3.63) is 77.6 Å². The number of aryl methyl sites for hydroxylation is 1. The van der Waals surface area contributed by atoms with Gasteiger partial charge in [-0.1, -0.05) is 54.5 Å². The van der Waals surface area contributed by atoms with Gasteiger partial charge < -0.3 is 4.52 Å². The van der Waals surface area contributed by atoms with E-state index in [2.05, 4.69) is 69.4 Å². The zero-order valence-electron chi connectivity index (χ0n) is 16.6. The number of benzene rings is 2. The van der Waals surface area contributed by atoms with Gasteiger partial charge in [-0.2, -0.15) is 0 Å². The molecule has 2 aromatic heterocycles. The molecule has 5 heteroatoms. The van der Waals surface area contributed by atoms with Crippen molar-refractivity contribution < 1.29 is 4.52 Å². The van der Waals surface area contributed by atoms with Gasteiger partial charge in [-0.15, -0.1) is 0 Å². The molecule has 1 aliphatic rings. The lowest BCUT2D eigenvalue weighted by Gasteiger charge is -2.26. The molecule has 2 aromatic carbocycles. The predicted octanol–water partition coefficient (Wildman–Crippen LogP) is 4.80. The second-order valence-corrected chi connectivity index (χ2v) is 7.68. The molecular weight excluding hydrogens is 360 g/mol. The predicted molar refractivity (Wildman–Crippen MR) is 113 cm³/mol. The quantitative estimate of drug-likeness (QED) is 0.495. The summed E-state index contributed by atoms with van der Waals surface area (Å²) in [5, 5.41) is 6.90. The Morgan fingerprint density at radius 1 is 1.03 bits per heavy atom. The number of hydrogen-bond donors (Lipinski definition) is 0. The Balaban J connectivity index is 1.41. The first-order valence-electron chi connectivity index (χ1n) is 10.3. The maximum atomic E-state index is 5.73. The molecule has 0 atom stereocenters. The summed E-state index contributed by atoms with van der Waals surface area (Å²) in [5.74, 6) is 1.94. The minimum absolute atomic E-state index is 0.827. The molecule has 0 saturated carbocycles. The van der Waals surface area contributed by atoms with Crippen LogP contribution in [0.4, 0.5) is 0 Å². The minimum Gasteiger partial charge on any atom is -0.360 e. The molecule has 0 saturated heterocycles. The molecule has 0 amide bonds. The fraction of sp³-hybridized carbons (Fsp3) is 0.292. The van der Waals surface area contributed by atoms with Gasteiger partial charge in [0.05, 0.1) is 0 Å². The molecule has 146 valence electrons. The van der Waals surface area contributed by atoms with E-state index in [4.69, 9.17) is 4.52 Å².